The number of benzene rings is 3. The van der Waals surface area contributed by atoms with Gasteiger partial charge in [0.25, 0.3) is 11.8 Å². The first-order valence-corrected chi connectivity index (χ1v) is 14.1. The predicted molar refractivity (Wildman–Crippen MR) is 159 cm³/mol. The van der Waals surface area contributed by atoms with Crippen LogP contribution in [0.25, 0.3) is 11.0 Å². The van der Waals surface area contributed by atoms with Crippen LogP contribution in [0, 0.1) is 0 Å². The molecule has 1 saturated heterocycles. The van der Waals surface area contributed by atoms with Crippen LogP contribution < -0.4 is 11.0 Å². The van der Waals surface area contributed by atoms with Crippen molar-refractivity contribution in [3.05, 3.63) is 97.9 Å². The fourth-order valence-electron chi connectivity index (χ4n) is 5.36. The molecule has 0 spiro atoms. The third kappa shape index (κ3) is 5.43. The zero-order chi connectivity index (χ0) is 27.8. The Hall–Kier alpha value is -3.65. The second-order valence-corrected chi connectivity index (χ2v) is 11.6. The van der Waals surface area contributed by atoms with E-state index in [1.54, 1.807) is 29.3 Å². The Morgan fingerprint density at radius 3 is 2.21 bits per heavy atom. The molecule has 1 fully saturated rings. The molecule has 1 aliphatic rings. The van der Waals surface area contributed by atoms with Gasteiger partial charge < -0.3 is 10.2 Å². The first kappa shape index (κ1) is 26.9. The highest BCUT2D eigenvalue weighted by molar-refractivity contribution is 9.10. The number of carbonyl (C=O) groups is 2. The van der Waals surface area contributed by atoms with Crippen molar-refractivity contribution in [1.29, 1.82) is 0 Å². The van der Waals surface area contributed by atoms with E-state index in [-0.39, 0.29) is 17.5 Å². The number of hydrogen-bond donors (Lipinski definition) is 1. The number of amides is 2. The van der Waals surface area contributed by atoms with Crippen molar-refractivity contribution in [2.45, 2.75) is 38.5 Å². The third-order valence-corrected chi connectivity index (χ3v) is 8.25. The van der Waals surface area contributed by atoms with E-state index in [2.05, 4.69) is 47.2 Å². The maximum atomic E-state index is 13.2. The highest BCUT2D eigenvalue weighted by Crippen LogP contribution is 2.30. The van der Waals surface area contributed by atoms with Gasteiger partial charge in [0.2, 0.25) is 0 Å². The lowest BCUT2D eigenvalue weighted by atomic mass is 9.89. The zero-order valence-corrected chi connectivity index (χ0v) is 24.3. The lowest BCUT2D eigenvalue weighted by molar-refractivity contribution is 0.0713. The van der Waals surface area contributed by atoms with Crippen molar-refractivity contribution >= 4 is 44.5 Å². The number of halogens is 1. The summed E-state index contributed by atoms with van der Waals surface area (Å²) in [5, 5.41) is 3.01. The van der Waals surface area contributed by atoms with Crippen molar-refractivity contribution in [2.24, 2.45) is 14.1 Å². The van der Waals surface area contributed by atoms with Crippen LogP contribution in [0.4, 0.5) is 5.69 Å². The molecule has 2 amide bonds. The fourth-order valence-corrected chi connectivity index (χ4v) is 5.87. The first-order chi connectivity index (χ1) is 18.6. The Morgan fingerprint density at radius 1 is 0.872 bits per heavy atom. The maximum Gasteiger partial charge on any atom is 0.328 e. The summed E-state index contributed by atoms with van der Waals surface area (Å²) in [7, 11) is 3.46. The minimum absolute atomic E-state index is 0.00196. The van der Waals surface area contributed by atoms with Crippen molar-refractivity contribution in [2.75, 3.05) is 18.4 Å². The lowest BCUT2D eigenvalue weighted by Crippen LogP contribution is -2.37. The molecule has 3 aromatic carbocycles. The summed E-state index contributed by atoms with van der Waals surface area (Å²) in [5.41, 5.74) is 5.79. The number of imidazole rings is 1. The summed E-state index contributed by atoms with van der Waals surface area (Å²) in [6.45, 7) is 5.57. The number of nitrogens with zero attached hydrogens (tertiary/aromatic N) is 3. The van der Waals surface area contributed by atoms with Crippen LogP contribution >= 0.6 is 15.9 Å². The van der Waals surface area contributed by atoms with Gasteiger partial charge in [-0.15, -0.1) is 0 Å². The van der Waals surface area contributed by atoms with Gasteiger partial charge in [0.15, 0.2) is 0 Å². The largest absolute Gasteiger partial charge is 0.339 e. The van der Waals surface area contributed by atoms with Gasteiger partial charge in [-0.25, -0.2) is 4.79 Å². The van der Waals surface area contributed by atoms with E-state index in [0.717, 1.165) is 39.6 Å². The predicted octanol–water partition coefficient (Wildman–Crippen LogP) is 6.04. The van der Waals surface area contributed by atoms with Gasteiger partial charge in [-0.3, -0.25) is 18.7 Å². The number of carbonyl (C=O) groups excluding carboxylic acids is 2. The number of hydrogen-bond acceptors (Lipinski definition) is 3. The zero-order valence-electron chi connectivity index (χ0n) is 22.7. The second-order valence-electron chi connectivity index (χ2n) is 10.7. The van der Waals surface area contributed by atoms with Crippen LogP contribution in [-0.4, -0.2) is 38.9 Å². The molecule has 2 heterocycles. The normalized spacial score (nSPS) is 14.3. The molecule has 0 unspecified atom stereocenters. The lowest BCUT2D eigenvalue weighted by Gasteiger charge is -2.32. The summed E-state index contributed by atoms with van der Waals surface area (Å²) >= 11 is 3.51. The van der Waals surface area contributed by atoms with Crippen LogP contribution in [0.3, 0.4) is 0 Å². The molecule has 8 heteroatoms. The molecule has 0 aliphatic carbocycles. The Morgan fingerprint density at radius 2 is 1.54 bits per heavy atom. The standard InChI is InChI=1S/C31H33BrN4O3/c1-19(2)23-15-24(17-25(32)16-23)29(37)33-26-8-5-20(6-9-26)21-11-13-36(14-12-21)30(38)22-7-10-27-28(18-22)35(4)31(39)34(27)3/h5-10,15-19,21H,11-14H2,1-4H3,(H,33,37). The molecule has 0 bridgehead atoms. The first-order valence-electron chi connectivity index (χ1n) is 13.3. The number of likely N-dealkylation sites (tertiary alicyclic amines) is 1. The topological polar surface area (TPSA) is 76.3 Å². The van der Waals surface area contributed by atoms with Gasteiger partial charge in [-0.05, 0) is 84.3 Å². The van der Waals surface area contributed by atoms with E-state index >= 15 is 0 Å². The van der Waals surface area contributed by atoms with Gasteiger partial charge in [-0.2, -0.15) is 0 Å². The SMILES string of the molecule is CC(C)c1cc(Br)cc(C(=O)Nc2ccc(C3CCN(C(=O)c4ccc5c(c4)n(C)c(=O)n5C)CC3)cc2)c1. The highest BCUT2D eigenvalue weighted by atomic mass is 79.9. The van der Waals surface area contributed by atoms with Crippen molar-refractivity contribution < 1.29 is 9.59 Å². The quantitative estimate of drug-likeness (QED) is 0.309. The smallest absolute Gasteiger partial charge is 0.328 e. The van der Waals surface area contributed by atoms with Crippen LogP contribution in [0.5, 0.6) is 0 Å². The molecule has 1 N–H and O–H groups in total. The summed E-state index contributed by atoms with van der Waals surface area (Å²) in [4.78, 5) is 40.2. The van der Waals surface area contributed by atoms with Gasteiger partial charge in [0.1, 0.15) is 0 Å². The molecule has 0 radical (unpaired) electrons. The van der Waals surface area contributed by atoms with Gasteiger partial charge in [-0.1, -0.05) is 41.9 Å². The number of nitrogens with one attached hydrogen (secondary N) is 1. The number of anilines is 1. The molecule has 202 valence electrons. The molecule has 1 aliphatic heterocycles. The van der Waals surface area contributed by atoms with Crippen molar-refractivity contribution in [3.63, 3.8) is 0 Å². The number of piperidine rings is 1. The van der Waals surface area contributed by atoms with Crippen molar-refractivity contribution in [1.82, 2.24) is 14.0 Å². The van der Waals surface area contributed by atoms with E-state index in [1.807, 2.05) is 47.4 Å². The minimum atomic E-state index is -0.133. The van der Waals surface area contributed by atoms with Gasteiger partial charge in [0, 0.05) is 48.5 Å². The van der Waals surface area contributed by atoms with Crippen LogP contribution in [0.15, 0.2) is 69.9 Å². The summed E-state index contributed by atoms with van der Waals surface area (Å²) in [5.74, 6) is 0.553. The monoisotopic (exact) mass is 588 g/mol. The summed E-state index contributed by atoms with van der Waals surface area (Å²) < 4.78 is 4.06. The molecule has 1 aromatic heterocycles. The van der Waals surface area contributed by atoms with Gasteiger partial charge >= 0.3 is 5.69 Å². The number of aryl methyl sites for hydroxylation is 2. The molecule has 0 atom stereocenters. The summed E-state index contributed by atoms with van der Waals surface area (Å²) in [6, 6.07) is 19.3. The fraction of sp³-hybridized carbons (Fsp3) is 0.323. The average molecular weight is 590 g/mol. The Balaban J connectivity index is 1.21. The second kappa shape index (κ2) is 10.8. The Labute approximate surface area is 236 Å². The molecule has 39 heavy (non-hydrogen) atoms. The molecular weight excluding hydrogens is 556 g/mol. The van der Waals surface area contributed by atoms with E-state index in [4.69, 9.17) is 0 Å². The maximum absolute atomic E-state index is 13.2. The van der Waals surface area contributed by atoms with E-state index < -0.39 is 0 Å². The minimum Gasteiger partial charge on any atom is -0.339 e. The van der Waals surface area contributed by atoms with Gasteiger partial charge in [0.05, 0.1) is 11.0 Å². The van der Waals surface area contributed by atoms with Crippen LogP contribution in [0.1, 0.15) is 70.4 Å². The molecule has 5 rings (SSSR count). The highest BCUT2D eigenvalue weighted by Gasteiger charge is 2.25. The Kier molecular flexibility index (Phi) is 7.49. The number of rotatable bonds is 5. The molecular formula is C31H33BrN4O3. The van der Waals surface area contributed by atoms with E-state index in [1.165, 1.54) is 5.56 Å². The van der Waals surface area contributed by atoms with Crippen molar-refractivity contribution in [3.8, 4) is 0 Å². The average Bonchev–Trinajstić information content (AvgIpc) is 3.16. The third-order valence-electron chi connectivity index (χ3n) is 7.79. The summed E-state index contributed by atoms with van der Waals surface area (Å²) in [6.07, 6.45) is 1.75. The molecule has 4 aromatic rings. The van der Waals surface area contributed by atoms with E-state index in [0.29, 0.717) is 36.1 Å². The molecule has 0 saturated carbocycles. The van der Waals surface area contributed by atoms with Crippen LogP contribution in [-0.2, 0) is 14.1 Å². The number of fused-ring (bicyclic) bond motifs is 1. The number of aromatic nitrogens is 2. The molecule has 7 nitrogen and oxygen atoms in total. The Bertz CT molecular complexity index is 1610. The van der Waals surface area contributed by atoms with E-state index in [9.17, 15) is 14.4 Å². The van der Waals surface area contributed by atoms with Crippen LogP contribution in [0.2, 0.25) is 0 Å².